The molecule has 0 aliphatic rings. The molecule has 0 atom stereocenters. The van der Waals surface area contributed by atoms with Gasteiger partial charge in [-0.25, -0.2) is 17.5 Å². The maximum atomic E-state index is 13.6. The number of nitrogens with zero attached hydrogens (tertiary/aromatic N) is 1. The first kappa shape index (κ1) is 19.1. The van der Waals surface area contributed by atoms with Gasteiger partial charge in [-0.05, 0) is 29.8 Å². The molecule has 7 nitrogen and oxygen atoms in total. The lowest BCUT2D eigenvalue weighted by Crippen LogP contribution is -2.31. The van der Waals surface area contributed by atoms with Crippen LogP contribution in [0.15, 0.2) is 35.4 Å². The summed E-state index contributed by atoms with van der Waals surface area (Å²) in [4.78, 5) is 11.3. The molecule has 1 aromatic heterocycles. The quantitative estimate of drug-likeness (QED) is 0.692. The molecule has 0 bridgehead atoms. The average Bonchev–Trinajstić information content (AvgIpc) is 2.50. The van der Waals surface area contributed by atoms with Gasteiger partial charge >= 0.3 is 0 Å². The van der Waals surface area contributed by atoms with Gasteiger partial charge in [-0.2, -0.15) is 0 Å². The summed E-state index contributed by atoms with van der Waals surface area (Å²) in [5.41, 5.74) is 4.94. The van der Waals surface area contributed by atoms with Gasteiger partial charge in [0.1, 0.15) is 11.3 Å². The third kappa shape index (κ3) is 4.25. The Balaban J connectivity index is 2.61. The summed E-state index contributed by atoms with van der Waals surface area (Å²) in [5.74, 6) is -1.48. The highest BCUT2D eigenvalue weighted by molar-refractivity contribution is 7.89. The first-order valence-corrected chi connectivity index (χ1v) is 9.04. The number of hydrogen-bond acceptors (Lipinski definition) is 4. The molecule has 2 aromatic rings. The Morgan fingerprint density at radius 1 is 1.40 bits per heavy atom. The molecule has 4 N–H and O–H groups in total. The fraction of sp³-hybridized carbons (Fsp3) is 0.200. The Labute approximate surface area is 148 Å². The van der Waals surface area contributed by atoms with Crippen molar-refractivity contribution in [2.75, 3.05) is 6.54 Å². The lowest BCUT2D eigenvalue weighted by molar-refractivity contribution is 0.0997. The van der Waals surface area contributed by atoms with Crippen LogP contribution in [0.2, 0.25) is 5.02 Å². The largest absolute Gasteiger partial charge is 0.365 e. The molecular weight excluding hydrogens is 371 g/mol. The van der Waals surface area contributed by atoms with Crippen LogP contribution in [-0.2, 0) is 16.6 Å². The van der Waals surface area contributed by atoms with Crippen molar-refractivity contribution < 1.29 is 17.6 Å². The van der Waals surface area contributed by atoms with Gasteiger partial charge in [0.05, 0.1) is 22.0 Å². The monoisotopic (exact) mass is 386 g/mol. The van der Waals surface area contributed by atoms with Crippen molar-refractivity contribution in [3.8, 4) is 0 Å². The van der Waals surface area contributed by atoms with Crippen LogP contribution < -0.4 is 15.9 Å². The highest BCUT2D eigenvalue weighted by Crippen LogP contribution is 2.19. The summed E-state index contributed by atoms with van der Waals surface area (Å²) in [6, 6.07) is 4.48. The van der Waals surface area contributed by atoms with E-state index in [1.807, 2.05) is 0 Å². The number of aromatic nitrogens is 1. The zero-order valence-corrected chi connectivity index (χ0v) is 14.8. The van der Waals surface area contributed by atoms with E-state index in [1.165, 1.54) is 16.8 Å². The number of benzene rings is 1. The number of hydrogen-bond donors (Lipinski definition) is 3. The zero-order valence-electron chi connectivity index (χ0n) is 13.2. The van der Waals surface area contributed by atoms with Gasteiger partial charge in [-0.3, -0.25) is 10.2 Å². The van der Waals surface area contributed by atoms with Crippen LogP contribution in [0, 0.1) is 11.2 Å². The normalized spacial score (nSPS) is 11.5. The van der Waals surface area contributed by atoms with Crippen molar-refractivity contribution in [1.82, 2.24) is 9.29 Å². The van der Waals surface area contributed by atoms with Crippen LogP contribution in [-0.4, -0.2) is 25.4 Å². The van der Waals surface area contributed by atoms with E-state index in [0.29, 0.717) is 0 Å². The van der Waals surface area contributed by atoms with E-state index < -0.39 is 21.7 Å². The second-order valence-electron chi connectivity index (χ2n) is 5.17. The van der Waals surface area contributed by atoms with Crippen LogP contribution in [0.25, 0.3) is 0 Å². The predicted molar refractivity (Wildman–Crippen MR) is 90.2 cm³/mol. The van der Waals surface area contributed by atoms with E-state index in [1.54, 1.807) is 6.92 Å². The van der Waals surface area contributed by atoms with Gasteiger partial charge in [-0.15, -0.1) is 0 Å². The SMILES string of the molecule is CCNS(=O)(=O)c1ccc(F)cc1Cn1cc(Cl)cc(C(N)=O)c1=N. The molecule has 0 saturated heterocycles. The standard InChI is InChI=1S/C15H16ClFN4O3S/c1-2-20-25(23,24)13-4-3-11(17)5-9(13)7-21-8-10(16)6-12(14(21)18)15(19)22/h3-6,8,18,20H,2,7H2,1H3,(H2,19,22). The van der Waals surface area contributed by atoms with E-state index in [2.05, 4.69) is 4.72 Å². The molecule has 25 heavy (non-hydrogen) atoms. The summed E-state index contributed by atoms with van der Waals surface area (Å²) in [6.45, 7) is 1.60. The van der Waals surface area contributed by atoms with Gasteiger partial charge in [0, 0.05) is 12.7 Å². The lowest BCUT2D eigenvalue weighted by atomic mass is 10.2. The second-order valence-corrected chi connectivity index (χ2v) is 7.34. The Morgan fingerprint density at radius 2 is 2.08 bits per heavy atom. The molecule has 1 heterocycles. The number of amides is 1. The maximum Gasteiger partial charge on any atom is 0.252 e. The number of rotatable bonds is 6. The minimum absolute atomic E-state index is 0.108. The minimum Gasteiger partial charge on any atom is -0.365 e. The molecule has 0 aliphatic carbocycles. The molecule has 1 amide bonds. The fourth-order valence-corrected chi connectivity index (χ4v) is 3.79. The number of primary amides is 1. The van der Waals surface area contributed by atoms with Gasteiger partial charge in [0.25, 0.3) is 5.91 Å². The molecule has 0 aliphatic heterocycles. The summed E-state index contributed by atoms with van der Waals surface area (Å²) in [5, 5.41) is 8.17. The molecule has 10 heteroatoms. The third-order valence-corrected chi connectivity index (χ3v) is 5.21. The molecule has 0 unspecified atom stereocenters. The molecule has 0 saturated carbocycles. The molecule has 0 spiro atoms. The average molecular weight is 387 g/mol. The van der Waals surface area contributed by atoms with E-state index in [4.69, 9.17) is 22.7 Å². The van der Waals surface area contributed by atoms with Crippen molar-refractivity contribution in [1.29, 1.82) is 5.41 Å². The Morgan fingerprint density at radius 3 is 2.68 bits per heavy atom. The number of pyridine rings is 1. The van der Waals surface area contributed by atoms with E-state index >= 15 is 0 Å². The highest BCUT2D eigenvalue weighted by Gasteiger charge is 2.19. The molecule has 0 radical (unpaired) electrons. The number of carbonyl (C=O) groups excluding carboxylic acids is 1. The number of nitrogens with two attached hydrogens (primary N) is 1. The number of sulfonamides is 1. The van der Waals surface area contributed by atoms with Gasteiger partial charge < -0.3 is 10.3 Å². The van der Waals surface area contributed by atoms with Crippen molar-refractivity contribution in [2.24, 2.45) is 5.73 Å². The predicted octanol–water partition coefficient (Wildman–Crippen LogP) is 1.21. The number of nitrogens with one attached hydrogen (secondary N) is 2. The van der Waals surface area contributed by atoms with Crippen LogP contribution in [0.5, 0.6) is 0 Å². The fourth-order valence-electron chi connectivity index (χ4n) is 2.31. The third-order valence-electron chi connectivity index (χ3n) is 3.36. The molecule has 1 aromatic carbocycles. The molecule has 134 valence electrons. The van der Waals surface area contributed by atoms with Gasteiger partial charge in [0.15, 0.2) is 0 Å². The Hall–Kier alpha value is -2.23. The Bertz CT molecular complexity index is 989. The number of halogens is 2. The van der Waals surface area contributed by atoms with E-state index in [-0.39, 0.29) is 39.6 Å². The first-order chi connectivity index (χ1) is 11.7. The Kier molecular flexibility index (Phi) is 5.61. The zero-order chi connectivity index (χ0) is 18.8. The van der Waals surface area contributed by atoms with Gasteiger partial charge in [-0.1, -0.05) is 18.5 Å². The molecule has 2 rings (SSSR count). The van der Waals surface area contributed by atoms with Crippen molar-refractivity contribution in [2.45, 2.75) is 18.4 Å². The summed E-state index contributed by atoms with van der Waals surface area (Å²) in [7, 11) is -3.84. The van der Waals surface area contributed by atoms with Crippen LogP contribution in [0.3, 0.4) is 0 Å². The number of carbonyl (C=O) groups is 1. The maximum absolute atomic E-state index is 13.6. The van der Waals surface area contributed by atoms with Crippen LogP contribution in [0.1, 0.15) is 22.8 Å². The summed E-state index contributed by atoms with van der Waals surface area (Å²) >= 11 is 5.93. The molecule has 0 fully saturated rings. The molecular formula is C15H16ClFN4O3S. The lowest BCUT2D eigenvalue weighted by Gasteiger charge is -2.14. The van der Waals surface area contributed by atoms with Crippen LogP contribution in [0.4, 0.5) is 4.39 Å². The van der Waals surface area contributed by atoms with Crippen LogP contribution >= 0.6 is 11.6 Å². The smallest absolute Gasteiger partial charge is 0.252 e. The van der Waals surface area contributed by atoms with Crippen molar-refractivity contribution >= 4 is 27.5 Å². The second kappa shape index (κ2) is 7.34. The van der Waals surface area contributed by atoms with Gasteiger partial charge in [0.2, 0.25) is 10.0 Å². The summed E-state index contributed by atoms with van der Waals surface area (Å²) < 4.78 is 41.8. The summed E-state index contributed by atoms with van der Waals surface area (Å²) in [6.07, 6.45) is 1.34. The van der Waals surface area contributed by atoms with E-state index in [9.17, 15) is 17.6 Å². The topological polar surface area (TPSA) is 118 Å². The first-order valence-electron chi connectivity index (χ1n) is 7.18. The minimum atomic E-state index is -3.84. The van der Waals surface area contributed by atoms with Crippen molar-refractivity contribution in [3.63, 3.8) is 0 Å². The van der Waals surface area contributed by atoms with Crippen molar-refractivity contribution in [3.05, 3.63) is 57.9 Å². The van der Waals surface area contributed by atoms with E-state index in [0.717, 1.165) is 18.2 Å². The highest BCUT2D eigenvalue weighted by atomic mass is 35.5.